The smallest absolute Gasteiger partial charge is 0.231 e. The molecule has 3 N–H and O–H groups in total. The van der Waals surface area contributed by atoms with E-state index in [1.54, 1.807) is 6.33 Å². The Hall–Kier alpha value is -3.03. The molecule has 8 heteroatoms. The van der Waals surface area contributed by atoms with Gasteiger partial charge in [-0.15, -0.1) is 0 Å². The molecule has 0 fully saturated rings. The minimum Gasteiger partial charge on any atom is -0.454 e. The highest BCUT2D eigenvalue weighted by Gasteiger charge is 2.14. The van der Waals surface area contributed by atoms with Gasteiger partial charge in [-0.3, -0.25) is 0 Å². The van der Waals surface area contributed by atoms with Crippen molar-refractivity contribution in [3.8, 4) is 11.5 Å². The number of hydrogen-bond acceptors (Lipinski definition) is 7. The van der Waals surface area contributed by atoms with Crippen LogP contribution in [0.25, 0.3) is 11.2 Å². The van der Waals surface area contributed by atoms with Gasteiger partial charge in [0.25, 0.3) is 0 Å². The molecule has 4 rings (SSSR count). The summed E-state index contributed by atoms with van der Waals surface area (Å²) >= 11 is 0. The number of nitrogens with zero attached hydrogens (tertiary/aromatic N) is 3. The molecule has 0 amide bonds. The zero-order chi connectivity index (χ0) is 16.4. The van der Waals surface area contributed by atoms with Gasteiger partial charge in [-0.25, -0.2) is 4.98 Å². The second-order valence-electron chi connectivity index (χ2n) is 5.46. The van der Waals surface area contributed by atoms with Gasteiger partial charge in [-0.1, -0.05) is 13.0 Å². The van der Waals surface area contributed by atoms with Crippen molar-refractivity contribution in [2.45, 2.75) is 19.9 Å². The van der Waals surface area contributed by atoms with E-state index in [2.05, 4.69) is 37.5 Å². The lowest BCUT2D eigenvalue weighted by molar-refractivity contribution is 0.174. The summed E-state index contributed by atoms with van der Waals surface area (Å²) in [7, 11) is 0. The molecular weight excluding hydrogens is 308 g/mol. The van der Waals surface area contributed by atoms with Gasteiger partial charge in [0.05, 0.1) is 6.33 Å². The summed E-state index contributed by atoms with van der Waals surface area (Å²) < 4.78 is 10.7. The van der Waals surface area contributed by atoms with Gasteiger partial charge in [0.1, 0.15) is 5.52 Å². The minimum atomic E-state index is 0.275. The molecule has 1 aromatic carbocycles. The summed E-state index contributed by atoms with van der Waals surface area (Å²) in [4.78, 5) is 16.3. The Morgan fingerprint density at radius 1 is 1.17 bits per heavy atom. The number of fused-ring (bicyclic) bond motifs is 2. The van der Waals surface area contributed by atoms with Crippen LogP contribution in [0.3, 0.4) is 0 Å². The van der Waals surface area contributed by atoms with Crippen LogP contribution in [-0.2, 0) is 6.54 Å². The fraction of sp³-hybridized carbons (Fsp3) is 0.312. The van der Waals surface area contributed by atoms with E-state index in [1.807, 2.05) is 18.2 Å². The highest BCUT2D eigenvalue weighted by atomic mass is 16.7. The maximum Gasteiger partial charge on any atom is 0.231 e. The number of hydrogen-bond donors (Lipinski definition) is 3. The first-order valence-corrected chi connectivity index (χ1v) is 7.91. The molecule has 2 aromatic heterocycles. The van der Waals surface area contributed by atoms with Crippen LogP contribution in [0.1, 0.15) is 18.9 Å². The standard InChI is InChI=1S/C16H18N6O2/c1-2-5-17-14-13-15(20-8-19-13)22-16(21-14)18-7-10-3-4-11-12(6-10)24-9-23-11/h3-4,6,8H,2,5,7,9H2,1H3,(H3,17,18,19,20,21,22). The molecule has 0 aliphatic carbocycles. The van der Waals surface area contributed by atoms with E-state index in [0.29, 0.717) is 18.1 Å². The van der Waals surface area contributed by atoms with Crippen LogP contribution in [0.15, 0.2) is 24.5 Å². The normalized spacial score (nSPS) is 12.5. The predicted molar refractivity (Wildman–Crippen MR) is 90.4 cm³/mol. The molecule has 0 spiro atoms. The number of aromatic amines is 1. The first-order chi connectivity index (χ1) is 11.8. The van der Waals surface area contributed by atoms with E-state index in [4.69, 9.17) is 9.47 Å². The SMILES string of the molecule is CCCNc1nc(NCc2ccc3c(c2)OCO3)nc2nc[nH]c12. The third-order valence-corrected chi connectivity index (χ3v) is 3.72. The summed E-state index contributed by atoms with van der Waals surface area (Å²) in [5, 5.41) is 6.54. The van der Waals surface area contributed by atoms with Gasteiger partial charge in [-0.2, -0.15) is 9.97 Å². The van der Waals surface area contributed by atoms with Crippen molar-refractivity contribution in [2.75, 3.05) is 24.0 Å². The predicted octanol–water partition coefficient (Wildman–Crippen LogP) is 2.52. The summed E-state index contributed by atoms with van der Waals surface area (Å²) in [6.45, 7) is 3.81. The van der Waals surface area contributed by atoms with E-state index >= 15 is 0 Å². The highest BCUT2D eigenvalue weighted by Crippen LogP contribution is 2.32. The Morgan fingerprint density at radius 2 is 2.08 bits per heavy atom. The van der Waals surface area contributed by atoms with Crippen LogP contribution >= 0.6 is 0 Å². The average molecular weight is 326 g/mol. The van der Waals surface area contributed by atoms with Crippen molar-refractivity contribution in [3.63, 3.8) is 0 Å². The molecule has 0 saturated carbocycles. The van der Waals surface area contributed by atoms with Crippen molar-refractivity contribution >= 4 is 22.9 Å². The maximum absolute atomic E-state index is 5.40. The van der Waals surface area contributed by atoms with Gasteiger partial charge >= 0.3 is 0 Å². The molecule has 0 atom stereocenters. The van der Waals surface area contributed by atoms with Crippen molar-refractivity contribution in [2.24, 2.45) is 0 Å². The molecule has 1 aliphatic rings. The topological polar surface area (TPSA) is 97.0 Å². The fourth-order valence-electron chi connectivity index (χ4n) is 2.52. The van der Waals surface area contributed by atoms with Crippen LogP contribution < -0.4 is 20.1 Å². The van der Waals surface area contributed by atoms with Crippen molar-refractivity contribution in [1.29, 1.82) is 0 Å². The highest BCUT2D eigenvalue weighted by molar-refractivity contribution is 5.83. The van der Waals surface area contributed by atoms with E-state index in [0.717, 1.165) is 41.4 Å². The van der Waals surface area contributed by atoms with Crippen LogP contribution in [0.2, 0.25) is 0 Å². The lowest BCUT2D eigenvalue weighted by atomic mass is 10.2. The number of benzene rings is 1. The fourth-order valence-corrected chi connectivity index (χ4v) is 2.52. The number of H-pyrrole nitrogens is 1. The van der Waals surface area contributed by atoms with Gasteiger partial charge < -0.3 is 25.1 Å². The Balaban J connectivity index is 1.53. The largest absolute Gasteiger partial charge is 0.454 e. The first-order valence-electron chi connectivity index (χ1n) is 7.91. The Kier molecular flexibility index (Phi) is 3.78. The Labute approximate surface area is 138 Å². The Morgan fingerprint density at radius 3 is 3.00 bits per heavy atom. The molecule has 24 heavy (non-hydrogen) atoms. The molecule has 0 unspecified atom stereocenters. The average Bonchev–Trinajstić information content (AvgIpc) is 3.26. The van der Waals surface area contributed by atoms with Crippen LogP contribution in [-0.4, -0.2) is 33.3 Å². The number of nitrogens with one attached hydrogen (secondary N) is 3. The van der Waals surface area contributed by atoms with E-state index in [-0.39, 0.29) is 6.79 Å². The molecule has 0 saturated heterocycles. The molecule has 1 aliphatic heterocycles. The zero-order valence-electron chi connectivity index (χ0n) is 13.3. The molecule has 3 aromatic rings. The summed E-state index contributed by atoms with van der Waals surface area (Å²) in [5.74, 6) is 2.83. The number of imidazole rings is 1. The van der Waals surface area contributed by atoms with E-state index < -0.39 is 0 Å². The van der Waals surface area contributed by atoms with Gasteiger partial charge in [0.2, 0.25) is 12.7 Å². The third kappa shape index (κ3) is 2.78. The summed E-state index contributed by atoms with van der Waals surface area (Å²) in [6.07, 6.45) is 2.64. The lowest BCUT2D eigenvalue weighted by Gasteiger charge is -2.09. The minimum absolute atomic E-state index is 0.275. The second kappa shape index (κ2) is 6.23. The number of ether oxygens (including phenoxy) is 2. The van der Waals surface area contributed by atoms with Crippen LogP contribution in [0, 0.1) is 0 Å². The molecule has 8 nitrogen and oxygen atoms in total. The third-order valence-electron chi connectivity index (χ3n) is 3.72. The molecule has 124 valence electrons. The van der Waals surface area contributed by atoms with E-state index in [1.165, 1.54) is 0 Å². The van der Waals surface area contributed by atoms with Gasteiger partial charge in [0, 0.05) is 13.1 Å². The molecule has 3 heterocycles. The number of anilines is 2. The second-order valence-corrected chi connectivity index (χ2v) is 5.46. The lowest BCUT2D eigenvalue weighted by Crippen LogP contribution is -2.08. The summed E-state index contributed by atoms with van der Waals surface area (Å²) in [5.41, 5.74) is 2.52. The van der Waals surface area contributed by atoms with Crippen molar-refractivity contribution in [3.05, 3.63) is 30.1 Å². The molecule has 0 radical (unpaired) electrons. The van der Waals surface area contributed by atoms with Crippen LogP contribution in [0.4, 0.5) is 11.8 Å². The number of aromatic nitrogens is 4. The van der Waals surface area contributed by atoms with Gasteiger partial charge in [0.15, 0.2) is 23.0 Å². The molecule has 0 bridgehead atoms. The molecular formula is C16H18N6O2. The summed E-state index contributed by atoms with van der Waals surface area (Å²) in [6, 6.07) is 5.85. The first kappa shape index (κ1) is 14.6. The Bertz CT molecular complexity index is 863. The quantitative estimate of drug-likeness (QED) is 0.640. The van der Waals surface area contributed by atoms with E-state index in [9.17, 15) is 0 Å². The monoisotopic (exact) mass is 326 g/mol. The van der Waals surface area contributed by atoms with Crippen LogP contribution in [0.5, 0.6) is 11.5 Å². The number of rotatable bonds is 6. The zero-order valence-corrected chi connectivity index (χ0v) is 13.3. The maximum atomic E-state index is 5.40. The van der Waals surface area contributed by atoms with Crippen molar-refractivity contribution in [1.82, 2.24) is 19.9 Å². The van der Waals surface area contributed by atoms with Gasteiger partial charge in [-0.05, 0) is 24.1 Å². The van der Waals surface area contributed by atoms with Crippen molar-refractivity contribution < 1.29 is 9.47 Å².